The minimum atomic E-state index is 0.0733. The molecule has 1 N–H and O–H groups in total. The van der Waals surface area contributed by atoms with Crippen molar-refractivity contribution in [3.8, 4) is 0 Å². The number of benzene rings is 1. The van der Waals surface area contributed by atoms with Crippen molar-refractivity contribution in [3.63, 3.8) is 0 Å². The Bertz CT molecular complexity index is 453. The second-order valence-electron chi connectivity index (χ2n) is 4.56. The molecule has 1 aromatic rings. The van der Waals surface area contributed by atoms with E-state index in [0.29, 0.717) is 6.54 Å². The molecule has 1 aromatic carbocycles. The predicted octanol–water partition coefficient (Wildman–Crippen LogP) is 5.30. The largest absolute Gasteiger partial charge is 0.346 e. The van der Waals surface area contributed by atoms with Crippen LogP contribution in [0.4, 0.5) is 4.79 Å². The number of carbonyl (C=O) groups is 1. The summed E-state index contributed by atoms with van der Waals surface area (Å²) in [5, 5.41) is 2.97. The Morgan fingerprint density at radius 1 is 1.14 bits per heavy atom. The van der Waals surface area contributed by atoms with Gasteiger partial charge in [-0.25, -0.2) is 0 Å². The summed E-state index contributed by atoms with van der Waals surface area (Å²) in [4.78, 5) is 13.8. The number of thioether (sulfide) groups is 3. The molecule has 1 amide bonds. The van der Waals surface area contributed by atoms with E-state index in [-0.39, 0.29) is 5.24 Å². The number of hydrogen-bond donors (Lipinski definition) is 1. The summed E-state index contributed by atoms with van der Waals surface area (Å²) in [7, 11) is 0. The molecule has 0 fully saturated rings. The molecule has 0 bridgehead atoms. The van der Waals surface area contributed by atoms with Gasteiger partial charge in [0, 0.05) is 27.8 Å². The molecule has 1 rings (SSSR count). The summed E-state index contributed by atoms with van der Waals surface area (Å²) in [5.41, 5.74) is 1.36. The van der Waals surface area contributed by atoms with Crippen molar-refractivity contribution in [1.82, 2.24) is 5.32 Å². The van der Waals surface area contributed by atoms with Crippen molar-refractivity contribution >= 4 is 40.5 Å². The van der Waals surface area contributed by atoms with Crippen molar-refractivity contribution in [1.29, 1.82) is 0 Å². The van der Waals surface area contributed by atoms with Crippen LogP contribution in [0.2, 0.25) is 0 Å². The van der Waals surface area contributed by atoms with Crippen LogP contribution >= 0.6 is 35.3 Å². The molecule has 2 nitrogen and oxygen atoms in total. The maximum Gasteiger partial charge on any atom is 0.279 e. The molecule has 5 heteroatoms. The Hall–Kier alpha value is -0.520. The first-order chi connectivity index (χ1) is 10.1. The Balaban J connectivity index is 2.25. The van der Waals surface area contributed by atoms with Crippen molar-refractivity contribution in [3.05, 3.63) is 35.9 Å². The van der Waals surface area contributed by atoms with E-state index in [4.69, 9.17) is 0 Å². The van der Waals surface area contributed by atoms with E-state index in [1.165, 1.54) is 27.1 Å². The maximum atomic E-state index is 11.3. The van der Waals surface area contributed by atoms with E-state index in [9.17, 15) is 4.79 Å². The van der Waals surface area contributed by atoms with Gasteiger partial charge in [-0.05, 0) is 43.9 Å². The first kappa shape index (κ1) is 18.5. The molecule has 116 valence electrons. The van der Waals surface area contributed by atoms with E-state index in [0.717, 1.165) is 17.3 Å². The van der Waals surface area contributed by atoms with Gasteiger partial charge in [0.05, 0.1) is 0 Å². The zero-order chi connectivity index (χ0) is 15.5. The lowest BCUT2D eigenvalue weighted by Crippen LogP contribution is -2.21. The lowest BCUT2D eigenvalue weighted by Gasteiger charge is -2.05. The number of allylic oxidation sites excluding steroid dienone is 1. The van der Waals surface area contributed by atoms with Gasteiger partial charge in [-0.15, -0.1) is 23.5 Å². The molecule has 0 spiro atoms. The molecular formula is C16H23NOS3. The van der Waals surface area contributed by atoms with Gasteiger partial charge in [-0.2, -0.15) is 0 Å². The van der Waals surface area contributed by atoms with Crippen LogP contribution in [-0.2, 0) is 0 Å². The highest BCUT2D eigenvalue weighted by atomic mass is 32.2. The Kier molecular flexibility index (Phi) is 9.79. The number of amides is 1. The molecule has 0 aliphatic heterocycles. The monoisotopic (exact) mass is 341 g/mol. The molecule has 0 unspecified atom stereocenters. The molecule has 0 aliphatic rings. The van der Waals surface area contributed by atoms with E-state index in [2.05, 4.69) is 49.5 Å². The Morgan fingerprint density at radius 3 is 2.33 bits per heavy atom. The van der Waals surface area contributed by atoms with Gasteiger partial charge in [-0.1, -0.05) is 30.3 Å². The van der Waals surface area contributed by atoms with Crippen molar-refractivity contribution in [2.24, 2.45) is 0 Å². The fraction of sp³-hybridized carbons (Fsp3) is 0.438. The standard InChI is InChI=1S/C16H23NOS3/c1-4-19-16(18)17-10-12-21-15-7-5-14(6-8-15)20-11-9-13(2)3/h5-9H,4,10-12H2,1-3H3,(H,17,18). The van der Waals surface area contributed by atoms with Gasteiger partial charge in [0.2, 0.25) is 0 Å². The summed E-state index contributed by atoms with van der Waals surface area (Å²) in [6.45, 7) is 6.94. The van der Waals surface area contributed by atoms with Gasteiger partial charge in [0.1, 0.15) is 0 Å². The Morgan fingerprint density at radius 2 is 1.76 bits per heavy atom. The first-order valence-electron chi connectivity index (χ1n) is 7.01. The van der Waals surface area contributed by atoms with Crippen LogP contribution in [0, 0.1) is 0 Å². The highest BCUT2D eigenvalue weighted by Crippen LogP contribution is 2.23. The highest BCUT2D eigenvalue weighted by molar-refractivity contribution is 8.13. The van der Waals surface area contributed by atoms with E-state index in [1.807, 2.05) is 18.7 Å². The minimum absolute atomic E-state index is 0.0733. The molecule has 0 aromatic heterocycles. The summed E-state index contributed by atoms with van der Waals surface area (Å²) >= 11 is 4.94. The van der Waals surface area contributed by atoms with Crippen LogP contribution < -0.4 is 5.32 Å². The molecule has 0 aliphatic carbocycles. The summed E-state index contributed by atoms with van der Waals surface area (Å²) in [6, 6.07) is 8.63. The van der Waals surface area contributed by atoms with Gasteiger partial charge in [-0.3, -0.25) is 4.79 Å². The number of rotatable bonds is 8. The van der Waals surface area contributed by atoms with Gasteiger partial charge in [0.25, 0.3) is 5.24 Å². The normalized spacial score (nSPS) is 10.2. The minimum Gasteiger partial charge on any atom is -0.346 e. The van der Waals surface area contributed by atoms with Crippen LogP contribution in [0.15, 0.2) is 45.7 Å². The van der Waals surface area contributed by atoms with Crippen molar-refractivity contribution in [2.45, 2.75) is 30.6 Å². The van der Waals surface area contributed by atoms with Crippen molar-refractivity contribution < 1.29 is 4.79 Å². The number of carbonyl (C=O) groups excluding carboxylic acids is 1. The topological polar surface area (TPSA) is 29.1 Å². The van der Waals surface area contributed by atoms with Crippen molar-refractivity contribution in [2.75, 3.05) is 23.8 Å². The lowest BCUT2D eigenvalue weighted by molar-refractivity contribution is 0.261. The zero-order valence-electron chi connectivity index (χ0n) is 12.8. The zero-order valence-corrected chi connectivity index (χ0v) is 15.3. The van der Waals surface area contributed by atoms with E-state index < -0.39 is 0 Å². The quantitative estimate of drug-likeness (QED) is 0.395. The number of nitrogens with one attached hydrogen (secondary N) is 1. The average molecular weight is 342 g/mol. The second-order valence-corrected chi connectivity index (χ2v) is 8.06. The van der Waals surface area contributed by atoms with Gasteiger partial charge >= 0.3 is 0 Å². The fourth-order valence-electron chi connectivity index (χ4n) is 1.44. The summed E-state index contributed by atoms with van der Waals surface area (Å²) < 4.78 is 0. The summed E-state index contributed by atoms with van der Waals surface area (Å²) in [6.07, 6.45) is 2.24. The van der Waals surface area contributed by atoms with Crippen LogP contribution in [0.25, 0.3) is 0 Å². The van der Waals surface area contributed by atoms with Crippen LogP contribution in [0.3, 0.4) is 0 Å². The van der Waals surface area contributed by atoms with Crippen LogP contribution in [0.1, 0.15) is 20.8 Å². The third-order valence-corrected chi connectivity index (χ3v) is 5.13. The molecule has 0 radical (unpaired) electrons. The predicted molar refractivity (Wildman–Crippen MR) is 98.9 cm³/mol. The average Bonchev–Trinajstić information content (AvgIpc) is 2.45. The fourth-order valence-corrected chi connectivity index (χ4v) is 3.61. The molecule has 0 saturated heterocycles. The van der Waals surface area contributed by atoms with Crippen LogP contribution in [0.5, 0.6) is 0 Å². The third-order valence-electron chi connectivity index (χ3n) is 2.48. The first-order valence-corrected chi connectivity index (χ1v) is 9.97. The highest BCUT2D eigenvalue weighted by Gasteiger charge is 2.00. The SMILES string of the molecule is CCSC(=O)NCCSc1ccc(SCC=C(C)C)cc1. The summed E-state index contributed by atoms with van der Waals surface area (Å²) in [5.74, 6) is 2.75. The molecular weight excluding hydrogens is 318 g/mol. The lowest BCUT2D eigenvalue weighted by atomic mass is 10.3. The van der Waals surface area contributed by atoms with Gasteiger partial charge < -0.3 is 5.32 Å². The third kappa shape index (κ3) is 9.17. The smallest absolute Gasteiger partial charge is 0.279 e. The maximum absolute atomic E-state index is 11.3. The Labute approximate surface area is 140 Å². The second kappa shape index (κ2) is 11.1. The molecule has 21 heavy (non-hydrogen) atoms. The molecule has 0 heterocycles. The molecule has 0 atom stereocenters. The molecule has 0 saturated carbocycles. The van der Waals surface area contributed by atoms with E-state index >= 15 is 0 Å². The van der Waals surface area contributed by atoms with Crippen LogP contribution in [-0.4, -0.2) is 29.0 Å². The van der Waals surface area contributed by atoms with Gasteiger partial charge in [0.15, 0.2) is 0 Å². The number of hydrogen-bond acceptors (Lipinski definition) is 4. The van der Waals surface area contributed by atoms with E-state index in [1.54, 1.807) is 11.8 Å².